The highest BCUT2D eigenvalue weighted by molar-refractivity contribution is 7.89. The number of aromatic nitrogens is 1. The Bertz CT molecular complexity index is 1420. The van der Waals surface area contributed by atoms with Crippen molar-refractivity contribution in [1.29, 1.82) is 0 Å². The maximum Gasteiger partial charge on any atom is 0.270 e. The van der Waals surface area contributed by atoms with Gasteiger partial charge in [0.15, 0.2) is 0 Å². The SMILES string of the molecule is CCC[C@H]1C(=O)N(S(=O)(=O)c2ccc3ccccc3c2)C2=CCN(C(=O)CCc3ccccn3)[C@@H]21. The van der Waals surface area contributed by atoms with Crippen LogP contribution in [0.1, 0.15) is 31.9 Å². The van der Waals surface area contributed by atoms with Gasteiger partial charge in [0, 0.05) is 24.9 Å². The van der Waals surface area contributed by atoms with E-state index in [0.29, 0.717) is 25.0 Å². The molecule has 2 atom stereocenters. The number of carbonyl (C=O) groups excluding carboxylic acids is 2. The van der Waals surface area contributed by atoms with Crippen LogP contribution in [0.15, 0.2) is 83.5 Å². The van der Waals surface area contributed by atoms with Crippen molar-refractivity contribution in [2.75, 3.05) is 6.54 Å². The second kappa shape index (κ2) is 9.26. The van der Waals surface area contributed by atoms with Gasteiger partial charge in [-0.1, -0.05) is 49.7 Å². The average molecular weight is 490 g/mol. The number of benzene rings is 2. The van der Waals surface area contributed by atoms with Crippen molar-refractivity contribution in [1.82, 2.24) is 14.2 Å². The number of fused-ring (bicyclic) bond motifs is 2. The highest BCUT2D eigenvalue weighted by Crippen LogP contribution is 2.42. The summed E-state index contributed by atoms with van der Waals surface area (Å²) >= 11 is 0. The summed E-state index contributed by atoms with van der Waals surface area (Å²) in [7, 11) is -4.12. The van der Waals surface area contributed by atoms with Gasteiger partial charge in [-0.15, -0.1) is 0 Å². The fourth-order valence-corrected chi connectivity index (χ4v) is 6.65. The van der Waals surface area contributed by atoms with Gasteiger partial charge in [0.2, 0.25) is 11.8 Å². The third kappa shape index (κ3) is 4.12. The third-order valence-corrected chi connectivity index (χ3v) is 8.49. The molecular weight excluding hydrogens is 462 g/mol. The fraction of sp³-hybridized carbons (Fsp3) is 0.296. The number of aryl methyl sites for hydroxylation is 1. The first-order chi connectivity index (χ1) is 16.9. The predicted octanol–water partition coefficient (Wildman–Crippen LogP) is 3.91. The molecule has 0 aliphatic carbocycles. The van der Waals surface area contributed by atoms with E-state index >= 15 is 0 Å². The van der Waals surface area contributed by atoms with E-state index in [9.17, 15) is 18.0 Å². The van der Waals surface area contributed by atoms with Gasteiger partial charge in [-0.2, -0.15) is 0 Å². The minimum absolute atomic E-state index is 0.0706. The standard InChI is InChI=1S/C27H27N3O4S/c1-2-7-23-26-24(15-17-29(26)25(31)14-12-21-10-5-6-16-28-21)30(27(23)32)35(33,34)22-13-11-19-8-3-4-9-20(19)18-22/h3-6,8-11,13,15-16,18,23,26H,2,7,12,14,17H2,1H3/t23-,26-/m1/s1. The molecule has 2 aliphatic rings. The molecule has 0 spiro atoms. The molecule has 180 valence electrons. The van der Waals surface area contributed by atoms with E-state index in [2.05, 4.69) is 4.98 Å². The minimum atomic E-state index is -4.12. The maximum atomic E-state index is 13.7. The number of amides is 2. The molecule has 0 unspecified atom stereocenters. The van der Waals surface area contributed by atoms with E-state index in [0.717, 1.165) is 20.8 Å². The van der Waals surface area contributed by atoms with Crippen molar-refractivity contribution >= 4 is 32.6 Å². The van der Waals surface area contributed by atoms with Crippen molar-refractivity contribution in [3.8, 4) is 0 Å². The van der Waals surface area contributed by atoms with Gasteiger partial charge < -0.3 is 4.90 Å². The molecule has 0 bridgehead atoms. The van der Waals surface area contributed by atoms with E-state index in [-0.39, 0.29) is 23.8 Å². The second-order valence-electron chi connectivity index (χ2n) is 8.95. The van der Waals surface area contributed by atoms with Crippen LogP contribution in [0.3, 0.4) is 0 Å². The normalized spacial score (nSPS) is 19.8. The molecule has 0 N–H and O–H groups in total. The number of carbonyl (C=O) groups is 2. The number of pyridine rings is 1. The largest absolute Gasteiger partial charge is 0.330 e. The molecule has 1 aromatic heterocycles. The smallest absolute Gasteiger partial charge is 0.270 e. The van der Waals surface area contributed by atoms with Gasteiger partial charge in [-0.25, -0.2) is 12.7 Å². The summed E-state index contributed by atoms with van der Waals surface area (Å²) < 4.78 is 28.4. The van der Waals surface area contributed by atoms with Crippen LogP contribution < -0.4 is 0 Å². The van der Waals surface area contributed by atoms with Crippen LogP contribution in [-0.4, -0.2) is 47.0 Å². The van der Waals surface area contributed by atoms with Crippen LogP contribution in [-0.2, 0) is 26.0 Å². The Morgan fingerprint density at radius 3 is 2.57 bits per heavy atom. The first-order valence-electron chi connectivity index (χ1n) is 11.9. The first kappa shape index (κ1) is 23.2. The summed E-state index contributed by atoms with van der Waals surface area (Å²) in [5.41, 5.74) is 1.22. The molecule has 7 nitrogen and oxygen atoms in total. The zero-order chi connectivity index (χ0) is 24.6. The molecule has 5 rings (SSSR count). The lowest BCUT2D eigenvalue weighted by molar-refractivity contribution is -0.133. The Labute approximate surface area is 205 Å². The number of nitrogens with zero attached hydrogens (tertiary/aromatic N) is 3. The molecular formula is C27H27N3O4S. The highest BCUT2D eigenvalue weighted by Gasteiger charge is 2.54. The van der Waals surface area contributed by atoms with Crippen molar-refractivity contribution in [3.05, 3.63) is 84.3 Å². The lowest BCUT2D eigenvalue weighted by atomic mass is 9.96. The summed E-state index contributed by atoms with van der Waals surface area (Å²) in [6.45, 7) is 2.25. The average Bonchev–Trinajstić information content (AvgIpc) is 3.41. The minimum Gasteiger partial charge on any atom is -0.330 e. The predicted molar refractivity (Wildman–Crippen MR) is 133 cm³/mol. The van der Waals surface area contributed by atoms with E-state index in [1.807, 2.05) is 49.4 Å². The molecule has 2 aromatic carbocycles. The number of sulfonamides is 1. The summed E-state index contributed by atoms with van der Waals surface area (Å²) in [5.74, 6) is -1.15. The summed E-state index contributed by atoms with van der Waals surface area (Å²) in [6.07, 6.45) is 5.37. The van der Waals surface area contributed by atoms with Gasteiger partial charge in [-0.05, 0) is 54.0 Å². The van der Waals surface area contributed by atoms with E-state index in [4.69, 9.17) is 0 Å². The molecule has 1 saturated heterocycles. The molecule has 2 aliphatic heterocycles. The molecule has 0 radical (unpaired) electrons. The fourth-order valence-electron chi connectivity index (χ4n) is 5.09. The lowest BCUT2D eigenvalue weighted by Crippen LogP contribution is -2.41. The Hall–Kier alpha value is -3.52. The van der Waals surface area contributed by atoms with Crippen molar-refractivity contribution in [2.45, 2.75) is 43.5 Å². The molecule has 3 aromatic rings. The summed E-state index contributed by atoms with van der Waals surface area (Å²) in [6, 6.07) is 17.4. The van der Waals surface area contributed by atoms with Gasteiger partial charge in [0.1, 0.15) is 0 Å². The van der Waals surface area contributed by atoms with E-state index in [1.165, 1.54) is 0 Å². The van der Waals surface area contributed by atoms with E-state index < -0.39 is 27.9 Å². The quantitative estimate of drug-likeness (QED) is 0.502. The number of hydrogen-bond acceptors (Lipinski definition) is 5. The third-order valence-electron chi connectivity index (χ3n) is 6.77. The Balaban J connectivity index is 1.44. The van der Waals surface area contributed by atoms with Crippen LogP contribution in [0.5, 0.6) is 0 Å². The van der Waals surface area contributed by atoms with Crippen LogP contribution in [0.2, 0.25) is 0 Å². The van der Waals surface area contributed by atoms with Crippen molar-refractivity contribution in [3.63, 3.8) is 0 Å². The van der Waals surface area contributed by atoms with Gasteiger partial charge >= 0.3 is 0 Å². The number of rotatable bonds is 7. The Kier molecular flexibility index (Phi) is 6.15. The molecule has 35 heavy (non-hydrogen) atoms. The van der Waals surface area contributed by atoms with E-state index in [1.54, 1.807) is 35.4 Å². The lowest BCUT2D eigenvalue weighted by Gasteiger charge is -2.27. The van der Waals surface area contributed by atoms with Gasteiger partial charge in [0.05, 0.1) is 22.6 Å². The summed E-state index contributed by atoms with van der Waals surface area (Å²) in [5, 5.41) is 1.71. The summed E-state index contributed by atoms with van der Waals surface area (Å²) in [4.78, 5) is 32.7. The topological polar surface area (TPSA) is 87.7 Å². The zero-order valence-corrected chi connectivity index (χ0v) is 20.3. The number of hydrogen-bond donors (Lipinski definition) is 0. The van der Waals surface area contributed by atoms with Gasteiger partial charge in [-0.3, -0.25) is 14.6 Å². The second-order valence-corrected chi connectivity index (χ2v) is 10.7. The highest BCUT2D eigenvalue weighted by atomic mass is 32.2. The molecule has 1 fully saturated rings. The first-order valence-corrected chi connectivity index (χ1v) is 13.3. The van der Waals surface area contributed by atoms with Gasteiger partial charge in [0.25, 0.3) is 10.0 Å². The van der Waals surface area contributed by atoms with Crippen LogP contribution in [0.4, 0.5) is 0 Å². The Morgan fingerprint density at radius 1 is 1.06 bits per heavy atom. The molecule has 0 saturated carbocycles. The van der Waals surface area contributed by atoms with Crippen molar-refractivity contribution < 1.29 is 18.0 Å². The van der Waals surface area contributed by atoms with Crippen molar-refractivity contribution in [2.24, 2.45) is 5.92 Å². The molecule has 2 amide bonds. The monoisotopic (exact) mass is 489 g/mol. The van der Waals surface area contributed by atoms with Crippen LogP contribution >= 0.6 is 0 Å². The van der Waals surface area contributed by atoms with Crippen LogP contribution in [0.25, 0.3) is 10.8 Å². The van der Waals surface area contributed by atoms with Crippen LogP contribution in [0, 0.1) is 5.92 Å². The maximum absolute atomic E-state index is 13.7. The Morgan fingerprint density at radius 2 is 1.83 bits per heavy atom. The zero-order valence-electron chi connectivity index (χ0n) is 19.5. The molecule has 3 heterocycles. The molecule has 8 heteroatoms.